The third kappa shape index (κ3) is 4.18. The Bertz CT molecular complexity index is 949. The fraction of sp³-hybridized carbons (Fsp3) is 0.600. The number of hydrogen-bond acceptors (Lipinski definition) is 7. The Hall–Kier alpha value is -1.65. The summed E-state index contributed by atoms with van der Waals surface area (Å²) in [5.41, 5.74) is 3.02. The zero-order chi connectivity index (χ0) is 23.6. The SMILES string of the molecule is CC[C@@H]1CN2CC[C@@]3(OCCI)C(=Nc4cccc(OC)c43)[C@@H]2C[C@@H]1/C(=C\OC)C(=O)OC. The van der Waals surface area contributed by atoms with Gasteiger partial charge < -0.3 is 18.9 Å². The van der Waals surface area contributed by atoms with Crippen molar-refractivity contribution in [2.45, 2.75) is 37.8 Å². The van der Waals surface area contributed by atoms with Crippen molar-refractivity contribution in [3.05, 3.63) is 35.6 Å². The van der Waals surface area contributed by atoms with Crippen molar-refractivity contribution in [1.82, 2.24) is 4.90 Å². The van der Waals surface area contributed by atoms with Crippen LogP contribution in [0.1, 0.15) is 31.7 Å². The first-order chi connectivity index (χ1) is 16.0. The molecule has 0 unspecified atom stereocenters. The molecule has 3 heterocycles. The molecular weight excluding hydrogens is 535 g/mol. The van der Waals surface area contributed by atoms with Crippen molar-refractivity contribution in [1.29, 1.82) is 0 Å². The first kappa shape index (κ1) is 24.5. The lowest BCUT2D eigenvalue weighted by molar-refractivity contribution is -0.137. The summed E-state index contributed by atoms with van der Waals surface area (Å²) in [7, 11) is 4.71. The number of esters is 1. The number of methoxy groups -OCH3 is 3. The van der Waals surface area contributed by atoms with E-state index in [1.807, 2.05) is 18.2 Å². The van der Waals surface area contributed by atoms with Crippen LogP contribution in [0.2, 0.25) is 0 Å². The molecule has 2 fully saturated rings. The fourth-order valence-corrected chi connectivity index (χ4v) is 6.08. The second-order valence-electron chi connectivity index (χ2n) is 8.79. The van der Waals surface area contributed by atoms with Crippen LogP contribution in [0.4, 0.5) is 5.69 Å². The van der Waals surface area contributed by atoms with E-state index < -0.39 is 5.60 Å². The molecule has 0 aromatic heterocycles. The van der Waals surface area contributed by atoms with E-state index in [-0.39, 0.29) is 17.9 Å². The number of alkyl halides is 1. The van der Waals surface area contributed by atoms with Crippen LogP contribution < -0.4 is 4.74 Å². The summed E-state index contributed by atoms with van der Waals surface area (Å²) >= 11 is 2.35. The second-order valence-corrected chi connectivity index (χ2v) is 9.87. The lowest BCUT2D eigenvalue weighted by Crippen LogP contribution is -2.61. The number of hydrogen-bond donors (Lipinski definition) is 0. The predicted molar refractivity (Wildman–Crippen MR) is 136 cm³/mol. The fourth-order valence-electron chi connectivity index (χ4n) is 5.86. The zero-order valence-corrected chi connectivity index (χ0v) is 22.0. The Labute approximate surface area is 209 Å². The Morgan fingerprint density at radius 2 is 2.15 bits per heavy atom. The highest BCUT2D eigenvalue weighted by Gasteiger charge is 2.56. The van der Waals surface area contributed by atoms with Gasteiger partial charge in [-0.25, -0.2) is 4.79 Å². The highest BCUT2D eigenvalue weighted by molar-refractivity contribution is 14.1. The number of piperidine rings is 2. The maximum absolute atomic E-state index is 12.7. The number of benzene rings is 1. The number of nitrogens with zero attached hydrogens (tertiary/aromatic N) is 2. The molecule has 2 saturated heterocycles. The van der Waals surface area contributed by atoms with E-state index in [9.17, 15) is 4.79 Å². The lowest BCUT2D eigenvalue weighted by Gasteiger charge is -2.51. The van der Waals surface area contributed by atoms with E-state index in [1.54, 1.807) is 20.5 Å². The maximum atomic E-state index is 12.7. The molecule has 0 radical (unpaired) electrons. The Morgan fingerprint density at radius 3 is 2.82 bits per heavy atom. The van der Waals surface area contributed by atoms with Gasteiger partial charge in [0.25, 0.3) is 0 Å². The van der Waals surface area contributed by atoms with Crippen LogP contribution in [0.5, 0.6) is 5.75 Å². The largest absolute Gasteiger partial charge is 0.504 e. The van der Waals surface area contributed by atoms with Crippen LogP contribution in [-0.4, -0.2) is 68.1 Å². The van der Waals surface area contributed by atoms with Gasteiger partial charge in [0.05, 0.1) is 62.8 Å². The summed E-state index contributed by atoms with van der Waals surface area (Å²) in [6.07, 6.45) is 4.15. The molecule has 8 heteroatoms. The van der Waals surface area contributed by atoms with Crippen LogP contribution in [0, 0.1) is 11.8 Å². The Kier molecular flexibility index (Phi) is 7.65. The van der Waals surface area contributed by atoms with E-state index in [4.69, 9.17) is 23.9 Å². The van der Waals surface area contributed by atoms with E-state index in [0.717, 1.165) is 59.5 Å². The van der Waals surface area contributed by atoms with Crippen molar-refractivity contribution < 1.29 is 23.7 Å². The molecule has 0 bridgehead atoms. The number of carbonyl (C=O) groups is 1. The number of halogens is 1. The second kappa shape index (κ2) is 10.3. The number of ether oxygens (including phenoxy) is 4. The van der Waals surface area contributed by atoms with Crippen molar-refractivity contribution in [2.24, 2.45) is 16.8 Å². The van der Waals surface area contributed by atoms with Crippen molar-refractivity contribution >= 4 is 40.0 Å². The maximum Gasteiger partial charge on any atom is 0.337 e. The smallest absolute Gasteiger partial charge is 0.337 e. The van der Waals surface area contributed by atoms with Crippen LogP contribution in [0.25, 0.3) is 0 Å². The highest BCUT2D eigenvalue weighted by Crippen LogP contribution is 2.53. The predicted octanol–water partition coefficient (Wildman–Crippen LogP) is 4.25. The molecule has 0 spiro atoms. The van der Waals surface area contributed by atoms with Crippen molar-refractivity contribution in [3.8, 4) is 5.75 Å². The first-order valence-electron chi connectivity index (χ1n) is 11.6. The summed E-state index contributed by atoms with van der Waals surface area (Å²) in [5.74, 6) is 0.859. The van der Waals surface area contributed by atoms with Crippen molar-refractivity contribution in [3.63, 3.8) is 0 Å². The topological polar surface area (TPSA) is 69.6 Å². The normalized spacial score (nSPS) is 28.9. The van der Waals surface area contributed by atoms with Crippen LogP contribution >= 0.6 is 22.6 Å². The Balaban J connectivity index is 1.76. The summed E-state index contributed by atoms with van der Waals surface area (Å²) in [6, 6.07) is 6.09. The molecule has 1 aromatic rings. The molecule has 4 atom stereocenters. The van der Waals surface area contributed by atoms with Gasteiger partial charge in [0.1, 0.15) is 11.4 Å². The molecule has 7 nitrogen and oxygen atoms in total. The number of fused-ring (bicyclic) bond motifs is 5. The minimum atomic E-state index is -0.589. The van der Waals surface area contributed by atoms with Gasteiger partial charge in [-0.2, -0.15) is 0 Å². The minimum Gasteiger partial charge on any atom is -0.504 e. The molecule has 4 rings (SSSR count). The summed E-state index contributed by atoms with van der Waals surface area (Å²) in [5, 5.41) is 0. The molecular formula is C25H33IN2O5. The highest BCUT2D eigenvalue weighted by atomic mass is 127. The lowest BCUT2D eigenvalue weighted by atomic mass is 9.70. The van der Waals surface area contributed by atoms with Gasteiger partial charge in [0.15, 0.2) is 0 Å². The van der Waals surface area contributed by atoms with Gasteiger partial charge in [-0.15, -0.1) is 0 Å². The Morgan fingerprint density at radius 1 is 1.33 bits per heavy atom. The molecule has 33 heavy (non-hydrogen) atoms. The molecule has 0 aliphatic carbocycles. The number of rotatable bonds is 8. The average Bonchev–Trinajstić information content (AvgIpc) is 3.20. The summed E-state index contributed by atoms with van der Waals surface area (Å²) in [6.45, 7) is 4.64. The number of carbonyl (C=O) groups excluding carboxylic acids is 1. The third-order valence-electron chi connectivity index (χ3n) is 7.32. The summed E-state index contributed by atoms with van der Waals surface area (Å²) in [4.78, 5) is 20.3. The average molecular weight is 568 g/mol. The van der Waals surface area contributed by atoms with E-state index >= 15 is 0 Å². The molecule has 0 N–H and O–H groups in total. The van der Waals surface area contributed by atoms with Gasteiger partial charge in [0, 0.05) is 17.5 Å². The first-order valence-corrected chi connectivity index (χ1v) is 13.1. The van der Waals surface area contributed by atoms with Crippen LogP contribution in [0.3, 0.4) is 0 Å². The molecule has 3 aliphatic rings. The van der Waals surface area contributed by atoms with Gasteiger partial charge >= 0.3 is 5.97 Å². The minimum absolute atomic E-state index is 0.0253. The monoisotopic (exact) mass is 568 g/mol. The molecule has 3 aliphatic heterocycles. The summed E-state index contributed by atoms with van der Waals surface area (Å²) < 4.78 is 23.7. The molecule has 0 saturated carbocycles. The van der Waals surface area contributed by atoms with Crippen LogP contribution in [0.15, 0.2) is 35.0 Å². The van der Waals surface area contributed by atoms with E-state index in [0.29, 0.717) is 18.1 Å². The van der Waals surface area contributed by atoms with Gasteiger partial charge in [-0.05, 0) is 36.8 Å². The van der Waals surface area contributed by atoms with E-state index in [2.05, 4.69) is 34.4 Å². The van der Waals surface area contributed by atoms with Gasteiger partial charge in [0.2, 0.25) is 0 Å². The van der Waals surface area contributed by atoms with Crippen molar-refractivity contribution in [2.75, 3.05) is 45.5 Å². The molecule has 0 amide bonds. The van der Waals surface area contributed by atoms with E-state index in [1.165, 1.54) is 7.11 Å². The molecule has 1 aromatic carbocycles. The third-order valence-corrected chi connectivity index (χ3v) is 7.76. The van der Waals surface area contributed by atoms with Gasteiger partial charge in [-0.1, -0.05) is 42.0 Å². The molecule has 180 valence electrons. The quantitative estimate of drug-likeness (QED) is 0.154. The zero-order valence-electron chi connectivity index (χ0n) is 19.8. The number of aliphatic imine (C=N–C) groups is 1. The standard InChI is InChI=1S/C25H33IN2O5/c1-5-16-14-28-11-9-25(33-12-10-26)22-19(7-6-8-21(22)31-3)27-23(25)20(28)13-17(16)18(15-30-2)24(29)32-4/h6-8,15-17,20H,5,9-14H2,1-4H3/b18-15+/t16-,17+,20+,25+/m1/s1. The van der Waals surface area contributed by atoms with Crippen LogP contribution in [-0.2, 0) is 24.6 Å². The van der Waals surface area contributed by atoms with Gasteiger partial charge in [-0.3, -0.25) is 9.89 Å².